The lowest BCUT2D eigenvalue weighted by Crippen LogP contribution is -2.19. The number of benzene rings is 1. The number of thiazole rings is 1. The van der Waals surface area contributed by atoms with Crippen molar-refractivity contribution in [3.05, 3.63) is 35.7 Å². The lowest BCUT2D eigenvalue weighted by Gasteiger charge is -2.04. The molecule has 1 saturated heterocycles. The Morgan fingerprint density at radius 2 is 2.18 bits per heavy atom. The lowest BCUT2D eigenvalue weighted by molar-refractivity contribution is -0.144. The van der Waals surface area contributed by atoms with E-state index in [0.29, 0.717) is 11.6 Å². The van der Waals surface area contributed by atoms with Crippen molar-refractivity contribution in [1.82, 2.24) is 4.98 Å². The Morgan fingerprint density at radius 3 is 2.86 bits per heavy atom. The van der Waals surface area contributed by atoms with Crippen molar-refractivity contribution in [2.45, 2.75) is 25.9 Å². The van der Waals surface area contributed by atoms with Crippen molar-refractivity contribution in [2.75, 3.05) is 5.32 Å². The molecule has 2 atom stereocenters. The van der Waals surface area contributed by atoms with E-state index in [9.17, 15) is 9.59 Å². The molecule has 1 aliphatic heterocycles. The highest BCUT2D eigenvalue weighted by Crippen LogP contribution is 2.27. The van der Waals surface area contributed by atoms with Crippen LogP contribution in [0.3, 0.4) is 0 Å². The minimum Gasteiger partial charge on any atom is -0.462 e. The van der Waals surface area contributed by atoms with Crippen molar-refractivity contribution in [2.24, 2.45) is 5.92 Å². The smallest absolute Gasteiger partial charge is 0.309 e. The molecule has 1 N–H and O–H groups in total. The van der Waals surface area contributed by atoms with Gasteiger partial charge in [0.05, 0.1) is 17.7 Å². The fourth-order valence-corrected chi connectivity index (χ4v) is 3.21. The minimum atomic E-state index is -0.344. The number of aromatic nitrogens is 1. The predicted octanol–water partition coefficient (Wildman–Crippen LogP) is 3.09. The second-order valence-corrected chi connectivity index (χ2v) is 6.19. The lowest BCUT2D eigenvalue weighted by atomic mass is 10.0. The summed E-state index contributed by atoms with van der Waals surface area (Å²) in [5.74, 6) is -0.833. The number of amides is 1. The molecule has 2 aromatic rings. The Hall–Kier alpha value is -2.21. The van der Waals surface area contributed by atoms with Crippen molar-refractivity contribution >= 4 is 28.3 Å². The number of ether oxygens (including phenoxy) is 1. The van der Waals surface area contributed by atoms with Crippen LogP contribution in [0.4, 0.5) is 5.13 Å². The van der Waals surface area contributed by atoms with Gasteiger partial charge in [-0.05, 0) is 13.3 Å². The number of hydrogen-bond donors (Lipinski definition) is 1. The van der Waals surface area contributed by atoms with Crippen LogP contribution in [-0.2, 0) is 14.3 Å². The molecule has 1 aromatic carbocycles. The van der Waals surface area contributed by atoms with Crippen molar-refractivity contribution in [3.63, 3.8) is 0 Å². The third kappa shape index (κ3) is 3.33. The first kappa shape index (κ1) is 14.7. The first-order valence-corrected chi connectivity index (χ1v) is 8.01. The summed E-state index contributed by atoms with van der Waals surface area (Å²) in [5, 5.41) is 5.20. The van der Waals surface area contributed by atoms with E-state index in [1.807, 2.05) is 42.6 Å². The summed E-state index contributed by atoms with van der Waals surface area (Å²) in [7, 11) is 0. The van der Waals surface area contributed by atoms with Gasteiger partial charge in [-0.25, -0.2) is 4.98 Å². The van der Waals surface area contributed by atoms with E-state index in [2.05, 4.69) is 10.3 Å². The van der Waals surface area contributed by atoms with Crippen LogP contribution in [0, 0.1) is 5.92 Å². The van der Waals surface area contributed by atoms with Gasteiger partial charge in [-0.3, -0.25) is 9.59 Å². The molecule has 114 valence electrons. The van der Waals surface area contributed by atoms with Crippen LogP contribution in [0.25, 0.3) is 11.3 Å². The topological polar surface area (TPSA) is 68.3 Å². The number of carbonyl (C=O) groups is 2. The molecule has 1 amide bonds. The quantitative estimate of drug-likeness (QED) is 0.880. The summed E-state index contributed by atoms with van der Waals surface area (Å²) >= 11 is 1.37. The highest BCUT2D eigenvalue weighted by atomic mass is 32.1. The van der Waals surface area contributed by atoms with E-state index in [1.54, 1.807) is 0 Å². The Balaban J connectivity index is 1.61. The molecule has 0 saturated carbocycles. The summed E-state index contributed by atoms with van der Waals surface area (Å²) in [6.07, 6.45) is 0.637. The molecule has 1 fully saturated rings. The van der Waals surface area contributed by atoms with Crippen LogP contribution in [0.15, 0.2) is 35.7 Å². The maximum atomic E-state index is 12.0. The average Bonchev–Trinajstić information content (AvgIpc) is 3.07. The fraction of sp³-hybridized carbons (Fsp3) is 0.312. The number of rotatable bonds is 4. The molecule has 0 aliphatic carbocycles. The standard InChI is InChI=1S/C16H16N2O3S/c1-10-7-12(15(20)21-10)8-14(19)18-16-17-13(9-22-16)11-5-3-2-4-6-11/h2-6,9-10,12H,7-8H2,1H3,(H,17,18,19)/t10-,12+/m0/s1. The SMILES string of the molecule is C[C@H]1C[C@H](CC(=O)Nc2nc(-c3ccccc3)cs2)C(=O)O1. The maximum absolute atomic E-state index is 12.0. The van der Waals surface area contributed by atoms with E-state index in [0.717, 1.165) is 11.3 Å². The summed E-state index contributed by atoms with van der Waals surface area (Å²) in [5.41, 5.74) is 1.84. The number of nitrogens with zero attached hydrogens (tertiary/aromatic N) is 1. The van der Waals surface area contributed by atoms with Gasteiger partial charge in [0.15, 0.2) is 5.13 Å². The molecule has 0 radical (unpaired) electrons. The molecule has 0 spiro atoms. The van der Waals surface area contributed by atoms with Gasteiger partial charge in [-0.1, -0.05) is 30.3 Å². The van der Waals surface area contributed by atoms with Gasteiger partial charge in [-0.2, -0.15) is 0 Å². The number of esters is 1. The van der Waals surface area contributed by atoms with E-state index in [4.69, 9.17) is 4.74 Å². The zero-order valence-corrected chi connectivity index (χ0v) is 12.9. The summed E-state index contributed by atoms with van der Waals surface area (Å²) in [6, 6.07) is 9.77. The van der Waals surface area contributed by atoms with E-state index in [-0.39, 0.29) is 30.3 Å². The number of cyclic esters (lactones) is 1. The third-order valence-electron chi connectivity index (χ3n) is 3.52. The minimum absolute atomic E-state index is 0.102. The predicted molar refractivity (Wildman–Crippen MR) is 84.5 cm³/mol. The molecule has 22 heavy (non-hydrogen) atoms. The van der Waals surface area contributed by atoms with Crippen molar-refractivity contribution in [1.29, 1.82) is 0 Å². The van der Waals surface area contributed by atoms with Crippen LogP contribution in [0.2, 0.25) is 0 Å². The van der Waals surface area contributed by atoms with Crippen LogP contribution in [0.5, 0.6) is 0 Å². The van der Waals surface area contributed by atoms with E-state index < -0.39 is 0 Å². The van der Waals surface area contributed by atoms with Crippen LogP contribution < -0.4 is 5.32 Å². The van der Waals surface area contributed by atoms with Gasteiger partial charge in [-0.15, -0.1) is 11.3 Å². The molecule has 0 bridgehead atoms. The van der Waals surface area contributed by atoms with E-state index in [1.165, 1.54) is 11.3 Å². The molecule has 2 heterocycles. The Labute approximate surface area is 132 Å². The van der Waals surface area contributed by atoms with Gasteiger partial charge < -0.3 is 10.1 Å². The first-order valence-electron chi connectivity index (χ1n) is 7.13. The summed E-state index contributed by atoms with van der Waals surface area (Å²) in [4.78, 5) is 28.0. The van der Waals surface area contributed by atoms with Gasteiger partial charge in [0.2, 0.25) is 5.91 Å². The number of anilines is 1. The molecule has 3 rings (SSSR count). The van der Waals surface area contributed by atoms with Crippen LogP contribution in [0.1, 0.15) is 19.8 Å². The highest BCUT2D eigenvalue weighted by Gasteiger charge is 2.33. The Morgan fingerprint density at radius 1 is 1.41 bits per heavy atom. The monoisotopic (exact) mass is 316 g/mol. The maximum Gasteiger partial charge on any atom is 0.309 e. The number of carbonyl (C=O) groups excluding carboxylic acids is 2. The number of nitrogens with one attached hydrogen (secondary N) is 1. The normalized spacial score (nSPS) is 20.7. The Kier molecular flexibility index (Phi) is 4.20. The van der Waals surface area contributed by atoms with Gasteiger partial charge in [0.25, 0.3) is 0 Å². The van der Waals surface area contributed by atoms with Gasteiger partial charge in [0.1, 0.15) is 0 Å². The number of hydrogen-bond acceptors (Lipinski definition) is 5. The molecule has 5 nitrogen and oxygen atoms in total. The molecule has 0 unspecified atom stereocenters. The summed E-state index contributed by atoms with van der Waals surface area (Å²) in [6.45, 7) is 1.84. The second kappa shape index (κ2) is 6.27. The van der Waals surface area contributed by atoms with Crippen LogP contribution in [-0.4, -0.2) is 23.0 Å². The van der Waals surface area contributed by atoms with Gasteiger partial charge in [0, 0.05) is 17.4 Å². The molecule has 6 heteroatoms. The fourth-order valence-electron chi connectivity index (χ4n) is 2.47. The zero-order valence-electron chi connectivity index (χ0n) is 12.1. The Bertz CT molecular complexity index is 684. The average molecular weight is 316 g/mol. The molecular weight excluding hydrogens is 300 g/mol. The molecule has 1 aromatic heterocycles. The van der Waals surface area contributed by atoms with Crippen molar-refractivity contribution in [3.8, 4) is 11.3 Å². The highest BCUT2D eigenvalue weighted by molar-refractivity contribution is 7.14. The molecular formula is C16H16N2O3S. The first-order chi connectivity index (χ1) is 10.6. The van der Waals surface area contributed by atoms with E-state index >= 15 is 0 Å². The van der Waals surface area contributed by atoms with Crippen LogP contribution >= 0.6 is 11.3 Å². The second-order valence-electron chi connectivity index (χ2n) is 5.34. The zero-order chi connectivity index (χ0) is 15.5. The van der Waals surface area contributed by atoms with Gasteiger partial charge >= 0.3 is 5.97 Å². The third-order valence-corrected chi connectivity index (χ3v) is 4.28. The summed E-state index contributed by atoms with van der Waals surface area (Å²) < 4.78 is 5.05. The van der Waals surface area contributed by atoms with Crippen molar-refractivity contribution < 1.29 is 14.3 Å². The largest absolute Gasteiger partial charge is 0.462 e. The molecule has 1 aliphatic rings.